The minimum atomic E-state index is -0.411. The van der Waals surface area contributed by atoms with Gasteiger partial charge in [-0.05, 0) is 76.3 Å². The quantitative estimate of drug-likeness (QED) is 0.217. The van der Waals surface area contributed by atoms with Gasteiger partial charge in [0.25, 0.3) is 0 Å². The first kappa shape index (κ1) is 23.9. The predicted octanol–water partition coefficient (Wildman–Crippen LogP) is 6.25. The van der Waals surface area contributed by atoms with Gasteiger partial charge >= 0.3 is 0 Å². The lowest BCUT2D eigenvalue weighted by Gasteiger charge is -2.44. The molecule has 0 fully saturated rings. The first-order valence-electron chi connectivity index (χ1n) is 11.2. The lowest BCUT2D eigenvalue weighted by molar-refractivity contribution is 0.255. The van der Waals surface area contributed by atoms with Gasteiger partial charge in [0.2, 0.25) is 0 Å². The first-order chi connectivity index (χ1) is 16.4. The summed E-state index contributed by atoms with van der Waals surface area (Å²) in [5, 5.41) is 8.28. The molecule has 1 spiro atoms. The van der Waals surface area contributed by atoms with Crippen molar-refractivity contribution in [3.05, 3.63) is 73.7 Å². The highest BCUT2D eigenvalue weighted by Crippen LogP contribution is 2.47. The van der Waals surface area contributed by atoms with Crippen molar-refractivity contribution in [3.8, 4) is 5.75 Å². The van der Waals surface area contributed by atoms with Crippen molar-refractivity contribution >= 4 is 45.0 Å². The van der Waals surface area contributed by atoms with Crippen LogP contribution in [0.4, 0.5) is 10.1 Å². The predicted molar refractivity (Wildman–Crippen MR) is 138 cm³/mol. The van der Waals surface area contributed by atoms with Crippen LogP contribution in [0.1, 0.15) is 40.8 Å². The molecular formula is C25H25BrClFN4OS. The van der Waals surface area contributed by atoms with Gasteiger partial charge in [-0.2, -0.15) is 0 Å². The number of fused-ring (bicyclic) bond motifs is 3. The van der Waals surface area contributed by atoms with Gasteiger partial charge in [0.15, 0.2) is 5.16 Å². The number of benzene rings is 2. The van der Waals surface area contributed by atoms with Gasteiger partial charge in [-0.25, -0.2) is 14.4 Å². The number of anilines is 1. The summed E-state index contributed by atoms with van der Waals surface area (Å²) in [6, 6.07) is 9.46. The highest BCUT2D eigenvalue weighted by Gasteiger charge is 2.43. The number of hydrogen-bond donors (Lipinski definition) is 2. The topological polar surface area (TPSA) is 59.1 Å². The lowest BCUT2D eigenvalue weighted by Crippen LogP contribution is -2.50. The maximum atomic E-state index is 15.4. The number of thioether (sulfide) groups is 1. The van der Waals surface area contributed by atoms with Gasteiger partial charge < -0.3 is 15.4 Å². The summed E-state index contributed by atoms with van der Waals surface area (Å²) in [7, 11) is 1.65. The summed E-state index contributed by atoms with van der Waals surface area (Å²) in [5.74, 6) is 0.636. The van der Waals surface area contributed by atoms with Crippen LogP contribution in [0.3, 0.4) is 0 Å². The number of methoxy groups -OCH3 is 1. The molecule has 0 amide bonds. The third kappa shape index (κ3) is 4.30. The number of hydrogen-bond acceptors (Lipinski definition) is 6. The fourth-order valence-corrected chi connectivity index (χ4v) is 6.58. The van der Waals surface area contributed by atoms with Crippen LogP contribution in [0.15, 0.2) is 40.0 Å². The molecule has 3 aromatic rings. The van der Waals surface area contributed by atoms with E-state index in [4.69, 9.17) is 21.3 Å². The van der Waals surface area contributed by atoms with Gasteiger partial charge in [0.05, 0.1) is 24.0 Å². The number of rotatable bonds is 5. The smallest absolute Gasteiger partial charge is 0.188 e. The molecule has 5 rings (SSSR count). The van der Waals surface area contributed by atoms with Crippen LogP contribution >= 0.6 is 39.3 Å². The number of ether oxygens (including phenoxy) is 1. The minimum Gasteiger partial charge on any atom is -0.497 e. The minimum absolute atomic E-state index is 0.173. The number of aromatic nitrogens is 2. The SMILES string of the molecule is COc1ccc(CNc2cc(F)c3c(c2Br)C2(CCC3)Cc3nc(SC)nc(Cl)c3CN2)cc1. The second-order valence-electron chi connectivity index (χ2n) is 8.67. The Labute approximate surface area is 216 Å². The molecule has 1 unspecified atom stereocenters. The summed E-state index contributed by atoms with van der Waals surface area (Å²) in [6.45, 7) is 1.13. The largest absolute Gasteiger partial charge is 0.497 e. The maximum Gasteiger partial charge on any atom is 0.188 e. The molecule has 2 aliphatic rings. The molecule has 2 N–H and O–H groups in total. The van der Waals surface area contributed by atoms with E-state index in [2.05, 4.69) is 31.5 Å². The maximum absolute atomic E-state index is 15.4. The number of nitrogens with one attached hydrogen (secondary N) is 2. The standard InChI is InChI=1S/C25H25BrClFN4OS/c1-33-15-7-5-14(6-8-15)12-29-19-10-18(28)16-4-3-9-25(21(16)22(19)26)11-20-17(13-30-25)23(27)32-24(31-20)34-2/h5-8,10,29-30H,3-4,9,11-13H2,1-2H3. The molecule has 178 valence electrons. The molecule has 34 heavy (non-hydrogen) atoms. The Balaban J connectivity index is 1.51. The number of halogens is 3. The molecule has 0 saturated heterocycles. The molecule has 1 atom stereocenters. The highest BCUT2D eigenvalue weighted by atomic mass is 79.9. The van der Waals surface area contributed by atoms with E-state index in [9.17, 15) is 0 Å². The molecule has 1 aliphatic carbocycles. The molecule has 1 aliphatic heterocycles. The Morgan fingerprint density at radius 1 is 1.26 bits per heavy atom. The van der Waals surface area contributed by atoms with Gasteiger partial charge in [-0.3, -0.25) is 0 Å². The molecule has 9 heteroatoms. The summed E-state index contributed by atoms with van der Waals surface area (Å²) >= 11 is 11.8. The van der Waals surface area contributed by atoms with Gasteiger partial charge in [0.1, 0.15) is 16.7 Å². The lowest BCUT2D eigenvalue weighted by atomic mass is 9.71. The van der Waals surface area contributed by atoms with Gasteiger partial charge in [0, 0.05) is 29.5 Å². The van der Waals surface area contributed by atoms with E-state index in [0.717, 1.165) is 63.1 Å². The highest BCUT2D eigenvalue weighted by molar-refractivity contribution is 9.10. The molecule has 1 aromatic heterocycles. The van der Waals surface area contributed by atoms with Crippen molar-refractivity contribution in [3.63, 3.8) is 0 Å². The van der Waals surface area contributed by atoms with Crippen molar-refractivity contribution in [1.82, 2.24) is 15.3 Å². The fraction of sp³-hybridized carbons (Fsp3) is 0.360. The van der Waals surface area contributed by atoms with Crippen molar-refractivity contribution < 1.29 is 9.13 Å². The van der Waals surface area contributed by atoms with Crippen LogP contribution in [0.5, 0.6) is 5.75 Å². The third-order valence-electron chi connectivity index (χ3n) is 6.75. The van der Waals surface area contributed by atoms with Crippen molar-refractivity contribution in [2.45, 2.75) is 49.5 Å². The fourth-order valence-electron chi connectivity index (χ4n) is 5.02. The Bertz CT molecular complexity index is 1240. The summed E-state index contributed by atoms with van der Waals surface area (Å²) in [4.78, 5) is 9.15. The Morgan fingerprint density at radius 3 is 2.79 bits per heavy atom. The summed E-state index contributed by atoms with van der Waals surface area (Å²) in [6.07, 6.45) is 5.11. The Hall–Kier alpha value is -1.87. The molecule has 2 aromatic carbocycles. The van der Waals surface area contributed by atoms with E-state index in [1.807, 2.05) is 30.5 Å². The second kappa shape index (κ2) is 9.64. The molecule has 5 nitrogen and oxygen atoms in total. The van der Waals surface area contributed by atoms with Gasteiger partial charge in [-0.15, -0.1) is 0 Å². The molecule has 0 bridgehead atoms. The van der Waals surface area contributed by atoms with Crippen molar-refractivity contribution in [2.75, 3.05) is 18.7 Å². The zero-order chi connectivity index (χ0) is 23.9. The van der Waals surface area contributed by atoms with E-state index < -0.39 is 5.54 Å². The van der Waals surface area contributed by atoms with Crippen molar-refractivity contribution in [2.24, 2.45) is 0 Å². The Kier molecular flexibility index (Phi) is 6.77. The molecule has 0 saturated carbocycles. The Morgan fingerprint density at radius 2 is 2.06 bits per heavy atom. The molecule has 2 heterocycles. The van der Waals surface area contributed by atoms with E-state index >= 15 is 4.39 Å². The average Bonchev–Trinajstić information content (AvgIpc) is 2.85. The van der Waals surface area contributed by atoms with Crippen LogP contribution in [-0.4, -0.2) is 23.3 Å². The van der Waals surface area contributed by atoms with E-state index in [0.29, 0.717) is 29.8 Å². The molecular weight excluding hydrogens is 539 g/mol. The zero-order valence-electron chi connectivity index (χ0n) is 19.0. The summed E-state index contributed by atoms with van der Waals surface area (Å²) in [5.41, 5.74) is 5.05. The van der Waals surface area contributed by atoms with Crippen LogP contribution in [0, 0.1) is 5.82 Å². The first-order valence-corrected chi connectivity index (χ1v) is 13.6. The third-order valence-corrected chi connectivity index (χ3v) is 8.43. The van der Waals surface area contributed by atoms with Crippen LogP contribution in [0.2, 0.25) is 5.15 Å². The zero-order valence-corrected chi connectivity index (χ0v) is 22.1. The monoisotopic (exact) mass is 562 g/mol. The number of nitrogens with zero attached hydrogens (tertiary/aromatic N) is 2. The van der Waals surface area contributed by atoms with Crippen LogP contribution in [0.25, 0.3) is 0 Å². The summed E-state index contributed by atoms with van der Waals surface area (Å²) < 4.78 is 21.5. The van der Waals surface area contributed by atoms with E-state index in [1.165, 1.54) is 11.8 Å². The average molecular weight is 564 g/mol. The van der Waals surface area contributed by atoms with E-state index in [1.54, 1.807) is 13.2 Å². The normalized spacial score (nSPS) is 19.0. The molecule has 0 radical (unpaired) electrons. The van der Waals surface area contributed by atoms with E-state index in [-0.39, 0.29) is 5.82 Å². The second-order valence-corrected chi connectivity index (χ2v) is 10.6. The van der Waals surface area contributed by atoms with Crippen molar-refractivity contribution in [1.29, 1.82) is 0 Å². The van der Waals surface area contributed by atoms with Gasteiger partial charge in [-0.1, -0.05) is 35.5 Å². The van der Waals surface area contributed by atoms with Crippen LogP contribution in [-0.2, 0) is 31.5 Å². The van der Waals surface area contributed by atoms with Crippen LogP contribution < -0.4 is 15.4 Å².